The maximum absolute atomic E-state index is 10.1. The molecule has 1 rings (SSSR count). The summed E-state index contributed by atoms with van der Waals surface area (Å²) < 4.78 is 0. The lowest BCUT2D eigenvalue weighted by Crippen LogP contribution is -2.60. The standard InChI is InChI=1S/C4H7NO2/c1-2-3(6)4(7)5-2/h2-3,6H,1H3,(H,5,7)/t2-,3-/m0/s1. The molecule has 1 aliphatic heterocycles. The highest BCUT2D eigenvalue weighted by Crippen LogP contribution is 2.02. The fraction of sp³-hybridized carbons (Fsp3) is 0.750. The summed E-state index contributed by atoms with van der Waals surface area (Å²) in [6.07, 6.45) is -0.750. The quantitative estimate of drug-likeness (QED) is 0.379. The molecule has 1 amide bonds. The van der Waals surface area contributed by atoms with Crippen LogP contribution in [0.2, 0.25) is 0 Å². The number of hydrogen-bond donors (Lipinski definition) is 2. The predicted octanol–water partition coefficient (Wildman–Crippen LogP) is -1.13. The summed E-state index contributed by atoms with van der Waals surface area (Å²) in [6, 6.07) is -0.0347. The van der Waals surface area contributed by atoms with Crippen LogP contribution in [0.15, 0.2) is 0 Å². The summed E-state index contributed by atoms with van der Waals surface area (Å²) in [5.74, 6) is -0.257. The van der Waals surface area contributed by atoms with Crippen LogP contribution in [0.3, 0.4) is 0 Å². The third kappa shape index (κ3) is 0.489. The van der Waals surface area contributed by atoms with Crippen LogP contribution < -0.4 is 5.32 Å². The van der Waals surface area contributed by atoms with Gasteiger partial charge in [0.15, 0.2) is 6.10 Å². The molecule has 7 heavy (non-hydrogen) atoms. The Morgan fingerprint density at radius 3 is 2.43 bits per heavy atom. The molecule has 2 atom stereocenters. The van der Waals surface area contributed by atoms with Crippen molar-refractivity contribution in [3.63, 3.8) is 0 Å². The van der Waals surface area contributed by atoms with Gasteiger partial charge < -0.3 is 10.4 Å². The molecule has 1 heterocycles. The monoisotopic (exact) mass is 101 g/mol. The number of rotatable bonds is 0. The molecule has 0 aromatic carbocycles. The lowest BCUT2D eigenvalue weighted by Gasteiger charge is -2.28. The van der Waals surface area contributed by atoms with E-state index in [0.717, 1.165) is 0 Å². The Kier molecular flexibility index (Phi) is 0.785. The third-order valence-corrected chi connectivity index (χ3v) is 1.11. The number of hydrogen-bond acceptors (Lipinski definition) is 2. The van der Waals surface area contributed by atoms with E-state index in [0.29, 0.717) is 0 Å². The van der Waals surface area contributed by atoms with Crippen LogP contribution >= 0.6 is 0 Å². The number of amides is 1. The molecule has 1 aliphatic rings. The van der Waals surface area contributed by atoms with E-state index in [4.69, 9.17) is 5.11 Å². The first kappa shape index (κ1) is 4.59. The summed E-state index contributed by atoms with van der Waals surface area (Å²) >= 11 is 0. The first-order chi connectivity index (χ1) is 3.22. The lowest BCUT2D eigenvalue weighted by atomic mass is 10.1. The molecular formula is C4H7NO2. The molecule has 0 radical (unpaired) electrons. The Labute approximate surface area is 41.3 Å². The summed E-state index contributed by atoms with van der Waals surface area (Å²) in [7, 11) is 0. The normalized spacial score (nSPS) is 39.4. The average Bonchev–Trinajstić information content (AvgIpc) is 1.68. The van der Waals surface area contributed by atoms with Crippen molar-refractivity contribution >= 4 is 5.91 Å². The van der Waals surface area contributed by atoms with Crippen molar-refractivity contribution in [2.45, 2.75) is 19.1 Å². The van der Waals surface area contributed by atoms with E-state index in [2.05, 4.69) is 5.32 Å². The largest absolute Gasteiger partial charge is 0.381 e. The average molecular weight is 101 g/mol. The van der Waals surface area contributed by atoms with Crippen molar-refractivity contribution in [1.29, 1.82) is 0 Å². The topological polar surface area (TPSA) is 49.3 Å². The number of carbonyl (C=O) groups excluding carboxylic acids is 1. The second-order valence-corrected chi connectivity index (χ2v) is 1.74. The van der Waals surface area contributed by atoms with E-state index in [1.54, 1.807) is 6.92 Å². The zero-order valence-corrected chi connectivity index (χ0v) is 4.01. The fourth-order valence-electron chi connectivity index (χ4n) is 0.520. The molecule has 3 heteroatoms. The van der Waals surface area contributed by atoms with Crippen LogP contribution in [-0.2, 0) is 4.79 Å². The highest BCUT2D eigenvalue weighted by atomic mass is 16.3. The number of aliphatic hydroxyl groups excluding tert-OH is 1. The van der Waals surface area contributed by atoms with E-state index in [1.807, 2.05) is 0 Å². The highest BCUT2D eigenvalue weighted by molar-refractivity contribution is 5.87. The minimum absolute atomic E-state index is 0.0347. The predicted molar refractivity (Wildman–Crippen MR) is 23.6 cm³/mol. The molecule has 0 spiro atoms. The van der Waals surface area contributed by atoms with Gasteiger partial charge in [0.25, 0.3) is 5.91 Å². The van der Waals surface area contributed by atoms with Crippen molar-refractivity contribution in [2.75, 3.05) is 0 Å². The van der Waals surface area contributed by atoms with Gasteiger partial charge in [-0.05, 0) is 6.92 Å². The first-order valence-corrected chi connectivity index (χ1v) is 2.20. The second-order valence-electron chi connectivity index (χ2n) is 1.74. The smallest absolute Gasteiger partial charge is 0.251 e. The SMILES string of the molecule is C[C@@H]1NC(=O)[C@H]1O. The molecule has 0 bridgehead atoms. The lowest BCUT2D eigenvalue weighted by molar-refractivity contribution is -0.141. The number of aliphatic hydroxyl groups is 1. The van der Waals surface area contributed by atoms with Gasteiger partial charge in [0, 0.05) is 0 Å². The van der Waals surface area contributed by atoms with Gasteiger partial charge in [-0.25, -0.2) is 0 Å². The maximum atomic E-state index is 10.1. The molecule has 40 valence electrons. The first-order valence-electron chi connectivity index (χ1n) is 2.20. The number of nitrogens with one attached hydrogen (secondary N) is 1. The molecule has 0 aliphatic carbocycles. The van der Waals surface area contributed by atoms with Gasteiger partial charge in [-0.15, -0.1) is 0 Å². The number of carbonyl (C=O) groups is 1. The Hall–Kier alpha value is -0.570. The van der Waals surface area contributed by atoms with Crippen LogP contribution in [0.4, 0.5) is 0 Å². The number of β-lactam (4-membered cyclic amide) rings is 1. The Bertz CT molecular complexity index is 102. The minimum atomic E-state index is -0.750. The second kappa shape index (κ2) is 1.20. The van der Waals surface area contributed by atoms with E-state index >= 15 is 0 Å². The van der Waals surface area contributed by atoms with E-state index in [1.165, 1.54) is 0 Å². The van der Waals surface area contributed by atoms with E-state index < -0.39 is 6.10 Å². The van der Waals surface area contributed by atoms with Gasteiger partial charge >= 0.3 is 0 Å². The van der Waals surface area contributed by atoms with Crippen LogP contribution in [0.25, 0.3) is 0 Å². The molecule has 1 fully saturated rings. The molecule has 0 aromatic heterocycles. The van der Waals surface area contributed by atoms with Gasteiger partial charge in [-0.3, -0.25) is 4.79 Å². The zero-order chi connectivity index (χ0) is 5.44. The molecule has 3 nitrogen and oxygen atoms in total. The fourth-order valence-corrected chi connectivity index (χ4v) is 0.520. The molecule has 0 unspecified atom stereocenters. The van der Waals surface area contributed by atoms with E-state index in [9.17, 15) is 4.79 Å². The summed E-state index contributed by atoms with van der Waals surface area (Å²) in [4.78, 5) is 10.1. The summed E-state index contributed by atoms with van der Waals surface area (Å²) in [6.45, 7) is 1.76. The zero-order valence-electron chi connectivity index (χ0n) is 4.01. The summed E-state index contributed by atoms with van der Waals surface area (Å²) in [5, 5.41) is 11.0. The van der Waals surface area contributed by atoms with Crippen LogP contribution in [0.1, 0.15) is 6.92 Å². The van der Waals surface area contributed by atoms with Gasteiger partial charge in [0.2, 0.25) is 0 Å². The Morgan fingerprint density at radius 1 is 1.86 bits per heavy atom. The third-order valence-electron chi connectivity index (χ3n) is 1.11. The van der Waals surface area contributed by atoms with Crippen molar-refractivity contribution in [1.82, 2.24) is 5.32 Å². The van der Waals surface area contributed by atoms with Gasteiger partial charge in [-0.1, -0.05) is 0 Å². The van der Waals surface area contributed by atoms with Crippen molar-refractivity contribution in [3.8, 4) is 0 Å². The highest BCUT2D eigenvalue weighted by Gasteiger charge is 2.33. The molecule has 2 N–H and O–H groups in total. The van der Waals surface area contributed by atoms with Gasteiger partial charge in [0.05, 0.1) is 6.04 Å². The maximum Gasteiger partial charge on any atom is 0.251 e. The Morgan fingerprint density at radius 2 is 2.43 bits per heavy atom. The Balaban J connectivity index is 2.43. The summed E-state index contributed by atoms with van der Waals surface area (Å²) in [5.41, 5.74) is 0. The van der Waals surface area contributed by atoms with Gasteiger partial charge in [0.1, 0.15) is 0 Å². The van der Waals surface area contributed by atoms with Crippen molar-refractivity contribution in [2.24, 2.45) is 0 Å². The molecule has 1 saturated heterocycles. The van der Waals surface area contributed by atoms with E-state index in [-0.39, 0.29) is 11.9 Å². The van der Waals surface area contributed by atoms with Gasteiger partial charge in [-0.2, -0.15) is 0 Å². The van der Waals surface area contributed by atoms with Crippen molar-refractivity contribution in [3.05, 3.63) is 0 Å². The molecule has 0 aromatic rings. The van der Waals surface area contributed by atoms with Crippen LogP contribution in [0.5, 0.6) is 0 Å². The van der Waals surface area contributed by atoms with Crippen LogP contribution in [0, 0.1) is 0 Å². The molecular weight excluding hydrogens is 94.0 g/mol. The molecule has 0 saturated carbocycles. The van der Waals surface area contributed by atoms with Crippen LogP contribution in [-0.4, -0.2) is 23.2 Å². The minimum Gasteiger partial charge on any atom is -0.381 e. The van der Waals surface area contributed by atoms with Crippen molar-refractivity contribution < 1.29 is 9.90 Å².